The fourth-order valence-electron chi connectivity index (χ4n) is 1.34. The molecule has 0 saturated heterocycles. The average Bonchev–Trinajstić information content (AvgIpc) is 2.19. The van der Waals surface area contributed by atoms with E-state index in [0.717, 1.165) is 0 Å². The smallest absolute Gasteiger partial charge is 0.389 e. The quantitative estimate of drug-likeness (QED) is 0.862. The first-order valence-electron chi connectivity index (χ1n) is 4.71. The number of hydrogen-bond acceptors (Lipinski definition) is 2. The summed E-state index contributed by atoms with van der Waals surface area (Å²) in [5.74, 6) is -0.328. The second kappa shape index (κ2) is 6.70. The normalized spacial score (nSPS) is 13.0. The molecule has 3 N–H and O–H groups in total. The Morgan fingerprint density at radius 1 is 1.28 bits per heavy atom. The minimum absolute atomic E-state index is 0. The van der Waals surface area contributed by atoms with E-state index >= 15 is 0 Å². The van der Waals surface area contributed by atoms with E-state index in [1.54, 1.807) is 0 Å². The van der Waals surface area contributed by atoms with Crippen molar-refractivity contribution < 1.29 is 18.3 Å². The van der Waals surface area contributed by atoms with Crippen LogP contribution in [0, 0.1) is 0 Å². The minimum atomic E-state index is -4.28. The van der Waals surface area contributed by atoms with Crippen molar-refractivity contribution in [3.05, 3.63) is 27.7 Å². The van der Waals surface area contributed by atoms with E-state index in [2.05, 4.69) is 0 Å². The first-order valence-corrected chi connectivity index (χ1v) is 5.46. The van der Waals surface area contributed by atoms with Crippen LogP contribution in [-0.2, 0) is 0 Å². The van der Waals surface area contributed by atoms with Crippen LogP contribution in [0.5, 0.6) is 5.75 Å². The summed E-state index contributed by atoms with van der Waals surface area (Å²) in [6.45, 7) is 0. The summed E-state index contributed by atoms with van der Waals surface area (Å²) >= 11 is 11.3. The van der Waals surface area contributed by atoms with Gasteiger partial charge in [0.25, 0.3) is 0 Å². The summed E-state index contributed by atoms with van der Waals surface area (Å²) in [7, 11) is 0. The highest BCUT2D eigenvalue weighted by molar-refractivity contribution is 6.35. The standard InChI is InChI=1S/C10H10Cl2F3NO.ClH/c11-5-3-6(9(17)7(12)4-5)8(16)1-2-10(13,14)15;/h3-4,8,17H,1-2,16H2;1H/t8-;/m1./s1. The lowest BCUT2D eigenvalue weighted by atomic mass is 10.0. The van der Waals surface area contributed by atoms with E-state index < -0.39 is 18.6 Å². The highest BCUT2D eigenvalue weighted by atomic mass is 35.5. The van der Waals surface area contributed by atoms with Crippen molar-refractivity contribution in [3.63, 3.8) is 0 Å². The SMILES string of the molecule is Cl.N[C@H](CCC(F)(F)F)c1cc(Cl)cc(Cl)c1O. The largest absolute Gasteiger partial charge is 0.506 e. The molecule has 1 aromatic rings. The number of hydrogen-bond donors (Lipinski definition) is 2. The Morgan fingerprint density at radius 2 is 1.83 bits per heavy atom. The predicted molar refractivity (Wildman–Crippen MR) is 67.6 cm³/mol. The van der Waals surface area contributed by atoms with Crippen molar-refractivity contribution in [2.75, 3.05) is 0 Å². The molecule has 0 radical (unpaired) electrons. The number of halogens is 6. The minimum Gasteiger partial charge on any atom is -0.506 e. The molecule has 1 rings (SSSR count). The van der Waals surface area contributed by atoms with E-state index in [1.807, 2.05) is 0 Å². The van der Waals surface area contributed by atoms with Crippen molar-refractivity contribution >= 4 is 35.6 Å². The topological polar surface area (TPSA) is 46.2 Å². The van der Waals surface area contributed by atoms with Crippen molar-refractivity contribution in [1.82, 2.24) is 0 Å². The lowest BCUT2D eigenvalue weighted by Gasteiger charge is -2.16. The Bertz CT molecular complexity index is 412. The van der Waals surface area contributed by atoms with Crippen LogP contribution in [-0.4, -0.2) is 11.3 Å². The molecule has 2 nitrogen and oxygen atoms in total. The van der Waals surface area contributed by atoms with Gasteiger partial charge in [0.1, 0.15) is 5.75 Å². The summed E-state index contributed by atoms with van der Waals surface area (Å²) in [6.07, 6.45) is -5.65. The summed E-state index contributed by atoms with van der Waals surface area (Å²) in [5, 5.41) is 9.75. The zero-order valence-corrected chi connectivity index (χ0v) is 11.3. The van der Waals surface area contributed by atoms with Crippen LogP contribution in [0.2, 0.25) is 10.0 Å². The van der Waals surface area contributed by atoms with Gasteiger partial charge in [0, 0.05) is 23.0 Å². The summed E-state index contributed by atoms with van der Waals surface area (Å²) < 4.78 is 36.1. The lowest BCUT2D eigenvalue weighted by Crippen LogP contribution is -2.16. The lowest BCUT2D eigenvalue weighted by molar-refractivity contribution is -0.136. The molecule has 1 atom stereocenters. The Labute approximate surface area is 118 Å². The predicted octanol–water partition coefficient (Wildman–Crippen LogP) is 4.46. The molecular formula is C10H11Cl3F3NO. The van der Waals surface area contributed by atoms with E-state index in [1.165, 1.54) is 12.1 Å². The van der Waals surface area contributed by atoms with Crippen molar-refractivity contribution in [2.24, 2.45) is 5.73 Å². The van der Waals surface area contributed by atoms with Gasteiger partial charge in [0.15, 0.2) is 0 Å². The summed E-state index contributed by atoms with van der Waals surface area (Å²) in [6, 6.07) is 1.63. The maximum atomic E-state index is 12.0. The van der Waals surface area contributed by atoms with Crippen LogP contribution in [0.3, 0.4) is 0 Å². The molecule has 0 aliphatic heterocycles. The third-order valence-corrected chi connectivity index (χ3v) is 2.70. The molecule has 0 aliphatic carbocycles. The van der Waals surface area contributed by atoms with Crippen LogP contribution in [0.4, 0.5) is 13.2 Å². The molecule has 0 amide bonds. The number of alkyl halides is 3. The van der Waals surface area contributed by atoms with Crippen molar-refractivity contribution in [2.45, 2.75) is 25.1 Å². The van der Waals surface area contributed by atoms with Crippen LogP contribution in [0.25, 0.3) is 0 Å². The van der Waals surface area contributed by atoms with E-state index in [9.17, 15) is 18.3 Å². The summed E-state index contributed by atoms with van der Waals surface area (Å²) in [4.78, 5) is 0. The first kappa shape index (κ1) is 17.6. The van der Waals surface area contributed by atoms with Gasteiger partial charge in [-0.2, -0.15) is 13.2 Å². The Hall–Kier alpha value is -0.360. The molecular weight excluding hydrogens is 313 g/mol. The zero-order chi connectivity index (χ0) is 13.2. The van der Waals surface area contributed by atoms with Gasteiger partial charge in [0.2, 0.25) is 0 Å². The monoisotopic (exact) mass is 323 g/mol. The third kappa shape index (κ3) is 5.10. The number of rotatable bonds is 3. The van der Waals surface area contributed by atoms with E-state index in [4.69, 9.17) is 28.9 Å². The number of aromatic hydroxyl groups is 1. The first-order chi connectivity index (χ1) is 7.70. The molecule has 104 valence electrons. The van der Waals surface area contributed by atoms with Gasteiger partial charge in [-0.15, -0.1) is 12.4 Å². The highest BCUT2D eigenvalue weighted by Crippen LogP contribution is 2.36. The molecule has 18 heavy (non-hydrogen) atoms. The molecule has 8 heteroatoms. The number of phenols is 1. The van der Waals surface area contributed by atoms with Gasteiger partial charge in [-0.1, -0.05) is 23.2 Å². The van der Waals surface area contributed by atoms with Gasteiger partial charge < -0.3 is 10.8 Å². The molecule has 0 unspecified atom stereocenters. The highest BCUT2D eigenvalue weighted by Gasteiger charge is 2.28. The van der Waals surface area contributed by atoms with Gasteiger partial charge in [-0.3, -0.25) is 0 Å². The fourth-order valence-corrected chi connectivity index (χ4v) is 1.85. The molecule has 0 fully saturated rings. The number of benzene rings is 1. The zero-order valence-electron chi connectivity index (χ0n) is 8.97. The fraction of sp³-hybridized carbons (Fsp3) is 0.400. The van der Waals surface area contributed by atoms with Gasteiger partial charge in [-0.25, -0.2) is 0 Å². The number of nitrogens with two attached hydrogens (primary N) is 1. The molecule has 0 spiro atoms. The van der Waals surface area contributed by atoms with Crippen molar-refractivity contribution in [3.8, 4) is 5.75 Å². The Kier molecular flexibility index (Phi) is 6.57. The molecule has 0 bridgehead atoms. The van der Waals surface area contributed by atoms with Crippen LogP contribution < -0.4 is 5.73 Å². The summed E-state index contributed by atoms with van der Waals surface area (Å²) in [5.41, 5.74) is 5.68. The molecule has 0 aliphatic rings. The van der Waals surface area contributed by atoms with Gasteiger partial charge >= 0.3 is 6.18 Å². The van der Waals surface area contributed by atoms with Crippen LogP contribution >= 0.6 is 35.6 Å². The van der Waals surface area contributed by atoms with Crippen LogP contribution in [0.1, 0.15) is 24.4 Å². The molecule has 0 heterocycles. The van der Waals surface area contributed by atoms with E-state index in [0.29, 0.717) is 0 Å². The van der Waals surface area contributed by atoms with Crippen LogP contribution in [0.15, 0.2) is 12.1 Å². The second-order valence-corrected chi connectivity index (χ2v) is 4.43. The number of phenolic OH excluding ortho intramolecular Hbond substituents is 1. The average molecular weight is 325 g/mol. The third-order valence-electron chi connectivity index (χ3n) is 2.20. The Morgan fingerprint density at radius 3 is 2.33 bits per heavy atom. The van der Waals surface area contributed by atoms with Crippen molar-refractivity contribution in [1.29, 1.82) is 0 Å². The maximum absolute atomic E-state index is 12.0. The van der Waals surface area contributed by atoms with Gasteiger partial charge in [-0.05, 0) is 18.6 Å². The molecule has 0 aromatic heterocycles. The van der Waals surface area contributed by atoms with Gasteiger partial charge in [0.05, 0.1) is 5.02 Å². The maximum Gasteiger partial charge on any atom is 0.389 e. The van der Waals surface area contributed by atoms with E-state index in [-0.39, 0.29) is 40.2 Å². The Balaban J connectivity index is 0.00000289. The molecule has 1 aromatic carbocycles. The second-order valence-electron chi connectivity index (χ2n) is 3.59. The molecule has 0 saturated carbocycles.